The summed E-state index contributed by atoms with van der Waals surface area (Å²) in [7, 11) is 0. The molecule has 0 aliphatic heterocycles. The second kappa shape index (κ2) is 9.22. The Labute approximate surface area is 88.7 Å². The standard InChI is InChI=1S/C12H25NO/c1-5-14-9-8-13-7-6-12(4)10-11(2)3/h11,13H,4-10H2,1-3H3. The van der Waals surface area contributed by atoms with Gasteiger partial charge in [0.25, 0.3) is 0 Å². The van der Waals surface area contributed by atoms with Crippen molar-refractivity contribution < 1.29 is 4.74 Å². The summed E-state index contributed by atoms with van der Waals surface area (Å²) in [4.78, 5) is 0. The van der Waals surface area contributed by atoms with Crippen LogP contribution in [0, 0.1) is 5.92 Å². The maximum absolute atomic E-state index is 5.22. The second-order valence-corrected chi connectivity index (χ2v) is 4.04. The van der Waals surface area contributed by atoms with Crippen molar-refractivity contribution in [2.45, 2.75) is 33.6 Å². The van der Waals surface area contributed by atoms with Crippen LogP contribution in [0.4, 0.5) is 0 Å². The van der Waals surface area contributed by atoms with E-state index in [1.165, 1.54) is 5.57 Å². The van der Waals surface area contributed by atoms with Crippen molar-refractivity contribution in [2.75, 3.05) is 26.3 Å². The molecule has 0 aromatic rings. The highest BCUT2D eigenvalue weighted by Crippen LogP contribution is 2.10. The lowest BCUT2D eigenvalue weighted by molar-refractivity contribution is 0.149. The van der Waals surface area contributed by atoms with Crippen LogP contribution in [0.3, 0.4) is 0 Å². The van der Waals surface area contributed by atoms with Crippen LogP contribution in [0.1, 0.15) is 33.6 Å². The Morgan fingerprint density at radius 1 is 1.36 bits per heavy atom. The predicted molar refractivity (Wildman–Crippen MR) is 62.6 cm³/mol. The van der Waals surface area contributed by atoms with Crippen molar-refractivity contribution in [3.63, 3.8) is 0 Å². The molecule has 0 aliphatic rings. The zero-order valence-electron chi connectivity index (χ0n) is 9.94. The molecule has 2 nitrogen and oxygen atoms in total. The first-order valence-electron chi connectivity index (χ1n) is 5.62. The third kappa shape index (κ3) is 9.75. The summed E-state index contributed by atoms with van der Waals surface area (Å²) in [5.41, 5.74) is 1.35. The van der Waals surface area contributed by atoms with Crippen molar-refractivity contribution in [3.8, 4) is 0 Å². The van der Waals surface area contributed by atoms with Gasteiger partial charge in [0, 0.05) is 13.2 Å². The first-order valence-corrected chi connectivity index (χ1v) is 5.62. The molecular formula is C12H25NO. The minimum Gasteiger partial charge on any atom is -0.380 e. The summed E-state index contributed by atoms with van der Waals surface area (Å²) in [6, 6.07) is 0. The minimum absolute atomic E-state index is 0.728. The molecule has 2 heteroatoms. The molecule has 0 rings (SSSR count). The summed E-state index contributed by atoms with van der Waals surface area (Å²) >= 11 is 0. The fourth-order valence-electron chi connectivity index (χ4n) is 1.36. The van der Waals surface area contributed by atoms with Crippen molar-refractivity contribution in [3.05, 3.63) is 12.2 Å². The van der Waals surface area contributed by atoms with Crippen LogP contribution in [0.25, 0.3) is 0 Å². The zero-order chi connectivity index (χ0) is 10.8. The van der Waals surface area contributed by atoms with E-state index < -0.39 is 0 Å². The quantitative estimate of drug-likeness (QED) is 0.455. The molecule has 0 heterocycles. The van der Waals surface area contributed by atoms with Gasteiger partial charge in [0.2, 0.25) is 0 Å². The average Bonchev–Trinajstić information content (AvgIpc) is 2.10. The van der Waals surface area contributed by atoms with E-state index in [0.29, 0.717) is 0 Å². The molecule has 14 heavy (non-hydrogen) atoms. The van der Waals surface area contributed by atoms with E-state index in [9.17, 15) is 0 Å². The van der Waals surface area contributed by atoms with E-state index >= 15 is 0 Å². The highest BCUT2D eigenvalue weighted by Gasteiger charge is 1.98. The minimum atomic E-state index is 0.728. The van der Waals surface area contributed by atoms with E-state index in [2.05, 4.69) is 25.7 Å². The zero-order valence-corrected chi connectivity index (χ0v) is 9.94. The molecule has 0 atom stereocenters. The highest BCUT2D eigenvalue weighted by molar-refractivity contribution is 4.95. The number of hydrogen-bond acceptors (Lipinski definition) is 2. The smallest absolute Gasteiger partial charge is 0.0590 e. The summed E-state index contributed by atoms with van der Waals surface area (Å²) < 4.78 is 5.22. The first-order chi connectivity index (χ1) is 6.66. The monoisotopic (exact) mass is 199 g/mol. The van der Waals surface area contributed by atoms with E-state index in [1.807, 2.05) is 6.92 Å². The van der Waals surface area contributed by atoms with E-state index in [1.54, 1.807) is 0 Å². The topological polar surface area (TPSA) is 21.3 Å². The maximum atomic E-state index is 5.22. The molecule has 0 radical (unpaired) electrons. The van der Waals surface area contributed by atoms with Crippen molar-refractivity contribution in [1.29, 1.82) is 0 Å². The van der Waals surface area contributed by atoms with Gasteiger partial charge in [-0.1, -0.05) is 26.0 Å². The third-order valence-electron chi connectivity index (χ3n) is 1.98. The lowest BCUT2D eigenvalue weighted by Gasteiger charge is -2.09. The molecule has 0 saturated carbocycles. The molecule has 0 spiro atoms. The van der Waals surface area contributed by atoms with Crippen LogP contribution in [0.5, 0.6) is 0 Å². The van der Waals surface area contributed by atoms with Crippen LogP contribution < -0.4 is 5.32 Å². The van der Waals surface area contributed by atoms with Gasteiger partial charge in [-0.15, -0.1) is 0 Å². The van der Waals surface area contributed by atoms with Crippen LogP contribution in [0.2, 0.25) is 0 Å². The summed E-state index contributed by atoms with van der Waals surface area (Å²) in [5, 5.41) is 3.34. The van der Waals surface area contributed by atoms with Gasteiger partial charge in [-0.3, -0.25) is 0 Å². The van der Waals surface area contributed by atoms with Crippen LogP contribution >= 0.6 is 0 Å². The number of rotatable bonds is 9. The third-order valence-corrected chi connectivity index (χ3v) is 1.98. The SMILES string of the molecule is C=C(CCNCCOCC)CC(C)C. The van der Waals surface area contributed by atoms with Crippen molar-refractivity contribution >= 4 is 0 Å². The van der Waals surface area contributed by atoms with E-state index in [-0.39, 0.29) is 0 Å². The molecule has 0 aliphatic carbocycles. The van der Waals surface area contributed by atoms with Crippen LogP contribution in [-0.2, 0) is 4.74 Å². The van der Waals surface area contributed by atoms with Gasteiger partial charge in [0.15, 0.2) is 0 Å². The van der Waals surface area contributed by atoms with E-state index in [4.69, 9.17) is 4.74 Å². The van der Waals surface area contributed by atoms with Crippen molar-refractivity contribution in [1.82, 2.24) is 5.32 Å². The Morgan fingerprint density at radius 3 is 2.64 bits per heavy atom. The lowest BCUT2D eigenvalue weighted by atomic mass is 10.0. The lowest BCUT2D eigenvalue weighted by Crippen LogP contribution is -2.21. The molecular weight excluding hydrogens is 174 g/mol. The van der Waals surface area contributed by atoms with Crippen LogP contribution in [-0.4, -0.2) is 26.3 Å². The molecule has 84 valence electrons. The van der Waals surface area contributed by atoms with Crippen LogP contribution in [0.15, 0.2) is 12.2 Å². The van der Waals surface area contributed by atoms with Crippen molar-refractivity contribution in [2.24, 2.45) is 5.92 Å². The highest BCUT2D eigenvalue weighted by atomic mass is 16.5. The molecule has 0 amide bonds. The Kier molecular flexibility index (Phi) is 9.00. The van der Waals surface area contributed by atoms with Gasteiger partial charge in [0.1, 0.15) is 0 Å². The van der Waals surface area contributed by atoms with Gasteiger partial charge in [-0.05, 0) is 32.2 Å². The molecule has 1 N–H and O–H groups in total. The van der Waals surface area contributed by atoms with Gasteiger partial charge in [-0.25, -0.2) is 0 Å². The summed E-state index contributed by atoms with van der Waals surface area (Å²) in [5.74, 6) is 0.728. The predicted octanol–water partition coefficient (Wildman–Crippen LogP) is 2.60. The normalized spacial score (nSPS) is 10.9. The fraction of sp³-hybridized carbons (Fsp3) is 0.833. The van der Waals surface area contributed by atoms with Gasteiger partial charge >= 0.3 is 0 Å². The number of ether oxygens (including phenoxy) is 1. The Bertz CT molecular complexity index is 143. The van der Waals surface area contributed by atoms with Gasteiger partial charge in [-0.2, -0.15) is 0 Å². The maximum Gasteiger partial charge on any atom is 0.0590 e. The number of nitrogens with one attached hydrogen (secondary N) is 1. The summed E-state index contributed by atoms with van der Waals surface area (Å²) in [6.45, 7) is 14.1. The first kappa shape index (κ1) is 13.7. The summed E-state index contributed by atoms with van der Waals surface area (Å²) in [6.07, 6.45) is 2.23. The molecule has 0 fully saturated rings. The molecule has 0 aromatic carbocycles. The molecule has 0 aromatic heterocycles. The van der Waals surface area contributed by atoms with E-state index in [0.717, 1.165) is 45.1 Å². The second-order valence-electron chi connectivity index (χ2n) is 4.04. The van der Waals surface area contributed by atoms with Gasteiger partial charge in [0.05, 0.1) is 6.61 Å². The Hall–Kier alpha value is -0.340. The number of hydrogen-bond donors (Lipinski definition) is 1. The molecule has 0 saturated heterocycles. The Balaban J connectivity index is 3.15. The average molecular weight is 199 g/mol. The van der Waals surface area contributed by atoms with Gasteiger partial charge < -0.3 is 10.1 Å². The largest absolute Gasteiger partial charge is 0.380 e. The Morgan fingerprint density at radius 2 is 2.07 bits per heavy atom. The molecule has 0 unspecified atom stereocenters. The fourth-order valence-corrected chi connectivity index (χ4v) is 1.36. The molecule has 0 bridgehead atoms.